The standard InChI is InChI=1S/C24H26F4N4O3/c1-13-10-16(25)7-9-18(13)31-19-8-6-15(24(26,27)28)11-17(19)21(33)32-20(14(2)29)12-30-22(34)35-23(3,4)5/h6-12,31H,29H2,1-5H3,(H,32,33)/b20-14+,30-12+. The predicted molar refractivity (Wildman–Crippen MR) is 125 cm³/mol. The van der Waals surface area contributed by atoms with E-state index in [9.17, 15) is 27.2 Å². The second kappa shape index (κ2) is 10.6. The molecule has 0 aromatic heterocycles. The first kappa shape index (κ1) is 27.4. The van der Waals surface area contributed by atoms with Crippen LogP contribution in [0.2, 0.25) is 0 Å². The molecule has 35 heavy (non-hydrogen) atoms. The number of nitrogens with two attached hydrogens (primary N) is 1. The smallest absolute Gasteiger partial charge is 0.434 e. The molecule has 0 atom stereocenters. The zero-order valence-electron chi connectivity index (χ0n) is 19.8. The minimum absolute atomic E-state index is 0.0308. The fraction of sp³-hybridized carbons (Fsp3) is 0.292. The minimum atomic E-state index is -4.71. The first-order valence-electron chi connectivity index (χ1n) is 10.4. The Bertz CT molecular complexity index is 1180. The molecule has 0 spiro atoms. The highest BCUT2D eigenvalue weighted by Gasteiger charge is 2.32. The Labute approximate surface area is 200 Å². The molecule has 0 unspecified atom stereocenters. The number of nitrogens with one attached hydrogen (secondary N) is 2. The minimum Gasteiger partial charge on any atom is -0.442 e. The van der Waals surface area contributed by atoms with Gasteiger partial charge < -0.3 is 21.1 Å². The monoisotopic (exact) mass is 494 g/mol. The third-order valence-corrected chi connectivity index (χ3v) is 4.41. The fourth-order valence-corrected chi connectivity index (χ4v) is 2.76. The SMILES string of the molecule is C/C(N)=C(/C=N/C(=O)OC(C)(C)C)NC(=O)c1cc(C(F)(F)F)ccc1Nc1ccc(F)cc1C. The number of carbonyl (C=O) groups is 2. The van der Waals surface area contributed by atoms with Crippen LogP contribution in [0.25, 0.3) is 0 Å². The van der Waals surface area contributed by atoms with Crippen LogP contribution in [0.15, 0.2) is 52.8 Å². The van der Waals surface area contributed by atoms with Crippen LogP contribution in [0.5, 0.6) is 0 Å². The molecular weight excluding hydrogens is 468 g/mol. The highest BCUT2D eigenvalue weighted by Crippen LogP contribution is 2.33. The van der Waals surface area contributed by atoms with Gasteiger partial charge in [0.05, 0.1) is 28.7 Å². The molecule has 2 amide bonds. The molecule has 0 aliphatic carbocycles. The van der Waals surface area contributed by atoms with E-state index in [0.29, 0.717) is 17.3 Å². The average Bonchev–Trinajstić information content (AvgIpc) is 2.70. The first-order chi connectivity index (χ1) is 16.1. The molecule has 0 radical (unpaired) electrons. The van der Waals surface area contributed by atoms with Crippen molar-refractivity contribution < 1.29 is 31.9 Å². The van der Waals surface area contributed by atoms with E-state index in [2.05, 4.69) is 15.6 Å². The number of hydrogen-bond donors (Lipinski definition) is 3. The number of carbonyl (C=O) groups excluding carboxylic acids is 2. The molecule has 0 aliphatic heterocycles. The van der Waals surface area contributed by atoms with E-state index in [1.807, 2.05) is 0 Å². The largest absolute Gasteiger partial charge is 0.442 e. The van der Waals surface area contributed by atoms with Gasteiger partial charge in [-0.2, -0.15) is 18.2 Å². The lowest BCUT2D eigenvalue weighted by Crippen LogP contribution is -2.28. The van der Waals surface area contributed by atoms with Crippen LogP contribution in [0.4, 0.5) is 33.7 Å². The van der Waals surface area contributed by atoms with E-state index in [1.54, 1.807) is 27.7 Å². The number of allylic oxidation sites excluding steroid dienone is 2. The van der Waals surface area contributed by atoms with Crippen LogP contribution < -0.4 is 16.4 Å². The zero-order chi connectivity index (χ0) is 26.6. The summed E-state index contributed by atoms with van der Waals surface area (Å²) >= 11 is 0. The van der Waals surface area contributed by atoms with E-state index in [1.165, 1.54) is 25.1 Å². The van der Waals surface area contributed by atoms with Gasteiger partial charge in [0.25, 0.3) is 5.91 Å². The van der Waals surface area contributed by atoms with Gasteiger partial charge in [-0.1, -0.05) is 0 Å². The van der Waals surface area contributed by atoms with Gasteiger partial charge in [-0.25, -0.2) is 9.18 Å². The third-order valence-electron chi connectivity index (χ3n) is 4.41. The van der Waals surface area contributed by atoms with Gasteiger partial charge >= 0.3 is 12.3 Å². The summed E-state index contributed by atoms with van der Waals surface area (Å²) in [6.45, 7) is 7.92. The van der Waals surface area contributed by atoms with Gasteiger partial charge in [-0.3, -0.25) is 4.79 Å². The van der Waals surface area contributed by atoms with Crippen molar-refractivity contribution in [2.24, 2.45) is 10.7 Å². The van der Waals surface area contributed by atoms with Crippen molar-refractivity contribution >= 4 is 29.6 Å². The highest BCUT2D eigenvalue weighted by molar-refractivity contribution is 6.04. The number of alkyl halides is 3. The maximum absolute atomic E-state index is 13.4. The Hall–Kier alpha value is -3.89. The molecule has 2 rings (SSSR count). The molecule has 2 aromatic carbocycles. The van der Waals surface area contributed by atoms with Crippen LogP contribution in [-0.2, 0) is 10.9 Å². The fourth-order valence-electron chi connectivity index (χ4n) is 2.76. The molecule has 0 bridgehead atoms. The summed E-state index contributed by atoms with van der Waals surface area (Å²) in [5.74, 6) is -1.44. The summed E-state index contributed by atoms with van der Waals surface area (Å²) < 4.78 is 58.5. The molecule has 0 heterocycles. The summed E-state index contributed by atoms with van der Waals surface area (Å²) in [6, 6.07) is 6.38. The molecule has 4 N–H and O–H groups in total. The highest BCUT2D eigenvalue weighted by atomic mass is 19.4. The van der Waals surface area contributed by atoms with E-state index >= 15 is 0 Å². The van der Waals surface area contributed by atoms with Gasteiger partial charge in [0.15, 0.2) is 0 Å². The summed E-state index contributed by atoms with van der Waals surface area (Å²) in [4.78, 5) is 28.4. The van der Waals surface area contributed by atoms with E-state index in [0.717, 1.165) is 18.3 Å². The van der Waals surface area contributed by atoms with Gasteiger partial charge in [-0.15, -0.1) is 0 Å². The van der Waals surface area contributed by atoms with Crippen molar-refractivity contribution in [2.75, 3.05) is 5.32 Å². The number of ether oxygens (including phenoxy) is 1. The van der Waals surface area contributed by atoms with Crippen molar-refractivity contribution in [2.45, 2.75) is 46.4 Å². The summed E-state index contributed by atoms with van der Waals surface area (Å²) in [6.07, 6.45) is -4.70. The quantitative estimate of drug-likeness (QED) is 0.359. The Morgan fingerprint density at radius 3 is 2.23 bits per heavy atom. The van der Waals surface area contributed by atoms with Gasteiger partial charge in [0, 0.05) is 11.4 Å². The molecule has 0 fully saturated rings. The maximum atomic E-state index is 13.4. The number of rotatable bonds is 5. The number of hydrogen-bond acceptors (Lipinski definition) is 5. The van der Waals surface area contributed by atoms with E-state index in [-0.39, 0.29) is 22.6 Å². The van der Waals surface area contributed by atoms with Crippen molar-refractivity contribution in [1.82, 2.24) is 5.32 Å². The van der Waals surface area contributed by atoms with Gasteiger partial charge in [-0.05, 0) is 76.6 Å². The van der Waals surface area contributed by atoms with Crippen LogP contribution in [0.3, 0.4) is 0 Å². The molecule has 0 aliphatic rings. The Morgan fingerprint density at radius 2 is 1.69 bits per heavy atom. The molecule has 0 saturated heterocycles. The van der Waals surface area contributed by atoms with Crippen molar-refractivity contribution in [3.63, 3.8) is 0 Å². The normalized spacial score (nSPS) is 12.8. The van der Waals surface area contributed by atoms with Gasteiger partial charge in [0.1, 0.15) is 11.4 Å². The van der Waals surface area contributed by atoms with E-state index < -0.39 is 35.2 Å². The van der Waals surface area contributed by atoms with Crippen LogP contribution >= 0.6 is 0 Å². The maximum Gasteiger partial charge on any atom is 0.434 e. The first-order valence-corrected chi connectivity index (χ1v) is 10.4. The zero-order valence-corrected chi connectivity index (χ0v) is 19.8. The number of aliphatic imine (C=N–C) groups is 1. The lowest BCUT2D eigenvalue weighted by molar-refractivity contribution is -0.137. The van der Waals surface area contributed by atoms with Crippen LogP contribution in [-0.4, -0.2) is 23.8 Å². The lowest BCUT2D eigenvalue weighted by Gasteiger charge is -2.18. The number of aryl methyl sites for hydroxylation is 1. The van der Waals surface area contributed by atoms with Gasteiger partial charge in [0.2, 0.25) is 0 Å². The molecule has 188 valence electrons. The molecule has 7 nitrogen and oxygen atoms in total. The summed E-state index contributed by atoms with van der Waals surface area (Å²) in [5, 5.41) is 5.23. The lowest BCUT2D eigenvalue weighted by atomic mass is 10.1. The topological polar surface area (TPSA) is 106 Å². The second-order valence-electron chi connectivity index (χ2n) is 8.63. The number of benzene rings is 2. The average molecular weight is 494 g/mol. The Kier molecular flexibility index (Phi) is 8.27. The predicted octanol–water partition coefficient (Wildman–Crippen LogP) is 5.82. The number of nitrogens with zero attached hydrogens (tertiary/aromatic N) is 1. The van der Waals surface area contributed by atoms with E-state index in [4.69, 9.17) is 10.5 Å². The Balaban J connectivity index is 2.42. The number of amides is 2. The number of halogens is 4. The van der Waals surface area contributed by atoms with Crippen LogP contribution in [0, 0.1) is 12.7 Å². The van der Waals surface area contributed by atoms with Crippen molar-refractivity contribution in [3.8, 4) is 0 Å². The second-order valence-corrected chi connectivity index (χ2v) is 8.63. The third kappa shape index (κ3) is 8.13. The molecule has 11 heteroatoms. The molecular formula is C24H26F4N4O3. The molecule has 2 aromatic rings. The summed E-state index contributed by atoms with van der Waals surface area (Å²) in [7, 11) is 0. The van der Waals surface area contributed by atoms with Crippen molar-refractivity contribution in [3.05, 3.63) is 70.3 Å². The molecule has 0 saturated carbocycles. The van der Waals surface area contributed by atoms with Crippen molar-refractivity contribution in [1.29, 1.82) is 0 Å². The van der Waals surface area contributed by atoms with Crippen LogP contribution in [0.1, 0.15) is 49.2 Å². The Morgan fingerprint density at radius 1 is 1.06 bits per heavy atom. The number of anilines is 2. The summed E-state index contributed by atoms with van der Waals surface area (Å²) in [5.41, 5.74) is 4.35.